The molecule has 25 heavy (non-hydrogen) atoms. The first-order valence-electron chi connectivity index (χ1n) is 8.58. The summed E-state index contributed by atoms with van der Waals surface area (Å²) in [5.41, 5.74) is 0.978. The van der Waals surface area contributed by atoms with Crippen LogP contribution in [0.5, 0.6) is 0 Å². The lowest BCUT2D eigenvalue weighted by Gasteiger charge is -2.35. The standard InChI is InChI=1S/C18H24ClN5O/c1-3-9-24-10-11-25-13-17(24)22-18-20-8-7-16(21-18)23(2)15-6-4-5-14(19)12-15/h4-8,12,17H,3,9-11,13H2,1-2H3,(H,20,21,22). The number of hydrogen-bond donors (Lipinski definition) is 1. The Bertz CT molecular complexity index is 697. The fourth-order valence-electron chi connectivity index (χ4n) is 2.90. The Morgan fingerprint density at radius 3 is 3.08 bits per heavy atom. The van der Waals surface area contributed by atoms with Crippen LogP contribution in [0.15, 0.2) is 36.5 Å². The zero-order chi connectivity index (χ0) is 17.6. The van der Waals surface area contributed by atoms with E-state index in [4.69, 9.17) is 16.3 Å². The molecule has 0 bridgehead atoms. The van der Waals surface area contributed by atoms with E-state index in [1.165, 1.54) is 0 Å². The molecule has 134 valence electrons. The number of nitrogens with one attached hydrogen (secondary N) is 1. The molecule has 0 saturated carbocycles. The Morgan fingerprint density at radius 1 is 1.40 bits per heavy atom. The summed E-state index contributed by atoms with van der Waals surface area (Å²) >= 11 is 6.09. The highest BCUT2D eigenvalue weighted by Gasteiger charge is 2.23. The zero-order valence-corrected chi connectivity index (χ0v) is 15.4. The molecular weight excluding hydrogens is 338 g/mol. The highest BCUT2D eigenvalue weighted by Crippen LogP contribution is 2.25. The number of nitrogens with zero attached hydrogens (tertiary/aromatic N) is 4. The van der Waals surface area contributed by atoms with Crippen molar-refractivity contribution in [1.82, 2.24) is 14.9 Å². The van der Waals surface area contributed by atoms with Crippen LogP contribution in [0, 0.1) is 0 Å². The van der Waals surface area contributed by atoms with Gasteiger partial charge >= 0.3 is 0 Å². The third-order valence-corrected chi connectivity index (χ3v) is 4.46. The lowest BCUT2D eigenvalue weighted by molar-refractivity contribution is 0.00308. The second-order valence-corrected chi connectivity index (χ2v) is 6.48. The highest BCUT2D eigenvalue weighted by molar-refractivity contribution is 6.30. The van der Waals surface area contributed by atoms with Crippen LogP contribution in [0.1, 0.15) is 13.3 Å². The molecule has 1 N–H and O–H groups in total. The average molecular weight is 362 g/mol. The molecule has 1 aliphatic rings. The first-order valence-corrected chi connectivity index (χ1v) is 8.96. The molecule has 7 heteroatoms. The molecule has 1 aliphatic heterocycles. The predicted molar refractivity (Wildman–Crippen MR) is 102 cm³/mol. The van der Waals surface area contributed by atoms with Gasteiger partial charge in [-0.05, 0) is 37.2 Å². The summed E-state index contributed by atoms with van der Waals surface area (Å²) in [6.07, 6.45) is 2.97. The van der Waals surface area contributed by atoms with Gasteiger partial charge in [0.15, 0.2) is 0 Å². The van der Waals surface area contributed by atoms with Gasteiger partial charge in [0, 0.05) is 30.5 Å². The predicted octanol–water partition coefficient (Wildman–Crippen LogP) is 3.38. The van der Waals surface area contributed by atoms with Gasteiger partial charge in [0.05, 0.1) is 13.2 Å². The summed E-state index contributed by atoms with van der Waals surface area (Å²) in [6, 6.07) is 9.58. The van der Waals surface area contributed by atoms with E-state index in [0.717, 1.165) is 37.6 Å². The Morgan fingerprint density at radius 2 is 2.28 bits per heavy atom. The van der Waals surface area contributed by atoms with Crippen molar-refractivity contribution in [2.45, 2.75) is 19.5 Å². The van der Waals surface area contributed by atoms with Crippen molar-refractivity contribution in [3.63, 3.8) is 0 Å². The van der Waals surface area contributed by atoms with Gasteiger partial charge in [-0.15, -0.1) is 0 Å². The highest BCUT2D eigenvalue weighted by atomic mass is 35.5. The normalized spacial score (nSPS) is 18.1. The van der Waals surface area contributed by atoms with Crippen molar-refractivity contribution in [1.29, 1.82) is 0 Å². The number of ether oxygens (including phenoxy) is 1. The summed E-state index contributed by atoms with van der Waals surface area (Å²) in [5, 5.41) is 4.10. The van der Waals surface area contributed by atoms with Gasteiger partial charge in [-0.1, -0.05) is 24.6 Å². The summed E-state index contributed by atoms with van der Waals surface area (Å²) in [5.74, 6) is 1.40. The van der Waals surface area contributed by atoms with Gasteiger partial charge in [0.25, 0.3) is 0 Å². The summed E-state index contributed by atoms with van der Waals surface area (Å²) in [4.78, 5) is 13.4. The number of morpholine rings is 1. The number of rotatable bonds is 6. The maximum atomic E-state index is 6.09. The van der Waals surface area contributed by atoms with Crippen molar-refractivity contribution in [2.24, 2.45) is 0 Å². The van der Waals surface area contributed by atoms with Crippen LogP contribution < -0.4 is 10.2 Å². The molecule has 1 saturated heterocycles. The second-order valence-electron chi connectivity index (χ2n) is 6.05. The molecule has 1 unspecified atom stereocenters. The molecule has 1 aromatic carbocycles. The van der Waals surface area contributed by atoms with Gasteiger partial charge in [-0.2, -0.15) is 4.98 Å². The lowest BCUT2D eigenvalue weighted by atomic mass is 10.3. The molecule has 0 aliphatic carbocycles. The number of hydrogen-bond acceptors (Lipinski definition) is 6. The van der Waals surface area contributed by atoms with E-state index in [1.807, 2.05) is 42.3 Å². The van der Waals surface area contributed by atoms with Crippen LogP contribution in [-0.2, 0) is 4.74 Å². The Hall–Kier alpha value is -1.89. The van der Waals surface area contributed by atoms with E-state index in [0.29, 0.717) is 17.6 Å². The van der Waals surface area contributed by atoms with Crippen molar-refractivity contribution in [3.8, 4) is 0 Å². The van der Waals surface area contributed by atoms with Crippen molar-refractivity contribution >= 4 is 29.1 Å². The van der Waals surface area contributed by atoms with E-state index in [-0.39, 0.29) is 6.17 Å². The third kappa shape index (κ3) is 4.60. The molecule has 1 fully saturated rings. The van der Waals surface area contributed by atoms with Gasteiger partial charge < -0.3 is 15.0 Å². The van der Waals surface area contributed by atoms with Gasteiger partial charge in [-0.25, -0.2) is 4.98 Å². The zero-order valence-electron chi connectivity index (χ0n) is 14.7. The summed E-state index contributed by atoms with van der Waals surface area (Å²) in [6.45, 7) is 5.55. The fraction of sp³-hybridized carbons (Fsp3) is 0.444. The third-order valence-electron chi connectivity index (χ3n) is 4.23. The van der Waals surface area contributed by atoms with E-state index in [1.54, 1.807) is 6.20 Å². The van der Waals surface area contributed by atoms with Gasteiger partial charge in [-0.3, -0.25) is 4.90 Å². The Kier molecular flexibility index (Phi) is 6.07. The van der Waals surface area contributed by atoms with E-state index >= 15 is 0 Å². The average Bonchev–Trinajstić information content (AvgIpc) is 2.63. The largest absolute Gasteiger partial charge is 0.377 e. The minimum atomic E-state index is 0.0976. The molecule has 2 aromatic rings. The van der Waals surface area contributed by atoms with Crippen LogP contribution in [0.3, 0.4) is 0 Å². The monoisotopic (exact) mass is 361 g/mol. The van der Waals surface area contributed by atoms with Crippen LogP contribution in [0.2, 0.25) is 5.02 Å². The molecule has 1 aromatic heterocycles. The quantitative estimate of drug-likeness (QED) is 0.851. The minimum absolute atomic E-state index is 0.0976. The number of halogens is 1. The van der Waals surface area contributed by atoms with Crippen LogP contribution >= 0.6 is 11.6 Å². The van der Waals surface area contributed by atoms with Gasteiger partial charge in [0.1, 0.15) is 12.0 Å². The van der Waals surface area contributed by atoms with Crippen molar-refractivity contribution < 1.29 is 4.74 Å². The maximum Gasteiger partial charge on any atom is 0.225 e. The van der Waals surface area contributed by atoms with E-state index in [9.17, 15) is 0 Å². The number of aromatic nitrogens is 2. The lowest BCUT2D eigenvalue weighted by Crippen LogP contribution is -2.50. The minimum Gasteiger partial charge on any atom is -0.377 e. The summed E-state index contributed by atoms with van der Waals surface area (Å²) in [7, 11) is 1.96. The van der Waals surface area contributed by atoms with Gasteiger partial charge in [0.2, 0.25) is 5.95 Å². The SMILES string of the molecule is CCCN1CCOCC1Nc1nccc(N(C)c2cccc(Cl)c2)n1. The molecule has 1 atom stereocenters. The van der Waals surface area contributed by atoms with E-state index in [2.05, 4.69) is 27.1 Å². The molecular formula is C18H24ClN5O. The molecule has 0 spiro atoms. The molecule has 3 rings (SSSR count). The maximum absolute atomic E-state index is 6.09. The van der Waals surface area contributed by atoms with Crippen LogP contribution in [0.25, 0.3) is 0 Å². The smallest absolute Gasteiger partial charge is 0.225 e. The van der Waals surface area contributed by atoms with Crippen molar-refractivity contribution in [3.05, 3.63) is 41.6 Å². The molecule has 0 radical (unpaired) electrons. The Labute approximate surface area is 153 Å². The topological polar surface area (TPSA) is 53.5 Å². The second kappa shape index (κ2) is 8.47. The molecule has 6 nitrogen and oxygen atoms in total. The molecule has 0 amide bonds. The fourth-order valence-corrected chi connectivity index (χ4v) is 3.08. The first kappa shape index (κ1) is 17.9. The van der Waals surface area contributed by atoms with Crippen molar-refractivity contribution in [2.75, 3.05) is 43.6 Å². The van der Waals surface area contributed by atoms with E-state index < -0.39 is 0 Å². The van der Waals surface area contributed by atoms with Crippen LogP contribution in [-0.4, -0.2) is 54.4 Å². The summed E-state index contributed by atoms with van der Waals surface area (Å²) < 4.78 is 5.61. The number of benzene rings is 1. The van der Waals surface area contributed by atoms with Crippen LogP contribution in [0.4, 0.5) is 17.5 Å². The Balaban J connectivity index is 1.74. The number of anilines is 3. The first-order chi connectivity index (χ1) is 12.2. The molecule has 2 heterocycles.